The molecule has 0 spiro atoms. The molecule has 2 aromatic rings. The van der Waals surface area contributed by atoms with E-state index in [1.807, 2.05) is 18.2 Å². The smallest absolute Gasteiger partial charge is 0.144 e. The third-order valence-electron chi connectivity index (χ3n) is 6.04. The average Bonchev–Trinajstić information content (AvgIpc) is 2.71. The zero-order valence-corrected chi connectivity index (χ0v) is 16.6. The molecular formula is C25H26F3N. The predicted octanol–water partition coefficient (Wildman–Crippen LogP) is 7.00. The second-order valence-electron chi connectivity index (χ2n) is 7.99. The van der Waals surface area contributed by atoms with Gasteiger partial charge in [0.25, 0.3) is 0 Å². The lowest BCUT2D eigenvalue weighted by Crippen LogP contribution is -2.15. The van der Waals surface area contributed by atoms with Gasteiger partial charge in [0.15, 0.2) is 0 Å². The molecule has 29 heavy (non-hydrogen) atoms. The number of hydrogen-bond donors (Lipinski definition) is 0. The van der Waals surface area contributed by atoms with Gasteiger partial charge in [-0.25, -0.2) is 13.2 Å². The highest BCUT2D eigenvalue weighted by Gasteiger charge is 2.24. The topological polar surface area (TPSA) is 23.8 Å². The van der Waals surface area contributed by atoms with Crippen molar-refractivity contribution in [2.45, 2.75) is 57.3 Å². The van der Waals surface area contributed by atoms with Gasteiger partial charge in [-0.15, -0.1) is 6.58 Å². The van der Waals surface area contributed by atoms with E-state index in [0.717, 1.165) is 56.1 Å². The summed E-state index contributed by atoms with van der Waals surface area (Å²) >= 11 is 0. The number of halogens is 3. The van der Waals surface area contributed by atoms with Gasteiger partial charge in [-0.1, -0.05) is 18.2 Å². The Morgan fingerprint density at radius 2 is 1.59 bits per heavy atom. The van der Waals surface area contributed by atoms with Crippen molar-refractivity contribution >= 4 is 0 Å². The van der Waals surface area contributed by atoms with E-state index in [9.17, 15) is 13.2 Å². The molecule has 4 heteroatoms. The van der Waals surface area contributed by atoms with Crippen LogP contribution >= 0.6 is 0 Å². The first kappa shape index (κ1) is 21.2. The Kier molecular flexibility index (Phi) is 7.14. The molecule has 0 radical (unpaired) electrons. The van der Waals surface area contributed by atoms with Crippen LogP contribution in [-0.4, -0.2) is 0 Å². The van der Waals surface area contributed by atoms with Crippen molar-refractivity contribution in [3.8, 4) is 6.07 Å². The summed E-state index contributed by atoms with van der Waals surface area (Å²) in [5.41, 5.74) is 1.87. The molecule has 1 saturated carbocycles. The highest BCUT2D eigenvalue weighted by atomic mass is 19.1. The molecule has 0 unspecified atom stereocenters. The second kappa shape index (κ2) is 9.78. The van der Waals surface area contributed by atoms with Crippen LogP contribution in [0.25, 0.3) is 0 Å². The van der Waals surface area contributed by atoms with E-state index >= 15 is 0 Å². The number of allylic oxidation sites excluding steroid dienone is 1. The zero-order chi connectivity index (χ0) is 20.8. The Labute approximate surface area is 170 Å². The van der Waals surface area contributed by atoms with Crippen LogP contribution in [0, 0.1) is 34.7 Å². The van der Waals surface area contributed by atoms with Gasteiger partial charge in [-0.05, 0) is 98.1 Å². The van der Waals surface area contributed by atoms with E-state index in [-0.39, 0.29) is 11.7 Å². The monoisotopic (exact) mass is 397 g/mol. The number of rotatable bonds is 7. The van der Waals surface area contributed by atoms with Gasteiger partial charge < -0.3 is 0 Å². The summed E-state index contributed by atoms with van der Waals surface area (Å²) in [4.78, 5) is 0. The highest BCUT2D eigenvalue weighted by molar-refractivity contribution is 5.35. The van der Waals surface area contributed by atoms with Gasteiger partial charge in [0.2, 0.25) is 0 Å². The van der Waals surface area contributed by atoms with E-state index in [1.54, 1.807) is 12.1 Å². The number of benzene rings is 2. The molecule has 2 aromatic carbocycles. The molecule has 1 nitrogen and oxygen atoms in total. The highest BCUT2D eigenvalue weighted by Crippen LogP contribution is 2.38. The van der Waals surface area contributed by atoms with E-state index < -0.39 is 17.2 Å². The van der Waals surface area contributed by atoms with Crippen LogP contribution in [0.3, 0.4) is 0 Å². The summed E-state index contributed by atoms with van der Waals surface area (Å²) in [6.07, 6.45) is 8.77. The van der Waals surface area contributed by atoms with Crippen molar-refractivity contribution in [3.63, 3.8) is 0 Å². The zero-order valence-electron chi connectivity index (χ0n) is 16.6. The van der Waals surface area contributed by atoms with E-state index in [2.05, 4.69) is 6.58 Å². The van der Waals surface area contributed by atoms with Crippen LogP contribution in [0.4, 0.5) is 13.2 Å². The van der Waals surface area contributed by atoms with Crippen LogP contribution in [0.1, 0.15) is 66.7 Å². The minimum Gasteiger partial charge on any atom is -0.207 e. The number of nitrogens with zero attached hydrogens (tertiary/aromatic N) is 1. The second-order valence-corrected chi connectivity index (χ2v) is 7.99. The first-order valence-electron chi connectivity index (χ1n) is 10.3. The van der Waals surface area contributed by atoms with Gasteiger partial charge in [0, 0.05) is 0 Å². The lowest BCUT2D eigenvalue weighted by molar-refractivity contribution is 0.306. The molecular weight excluding hydrogens is 371 g/mol. The maximum atomic E-state index is 14.5. The summed E-state index contributed by atoms with van der Waals surface area (Å²) < 4.78 is 42.0. The largest absolute Gasteiger partial charge is 0.207 e. The van der Waals surface area contributed by atoms with Gasteiger partial charge in [-0.2, -0.15) is 5.26 Å². The van der Waals surface area contributed by atoms with Gasteiger partial charge in [-0.3, -0.25) is 0 Å². The van der Waals surface area contributed by atoms with Crippen molar-refractivity contribution in [3.05, 3.63) is 82.7 Å². The Morgan fingerprint density at radius 1 is 0.931 bits per heavy atom. The van der Waals surface area contributed by atoms with E-state index in [1.165, 1.54) is 12.1 Å². The molecule has 0 saturated heterocycles. The van der Waals surface area contributed by atoms with Gasteiger partial charge in [0.05, 0.1) is 0 Å². The number of nitriles is 1. The lowest BCUT2D eigenvalue weighted by Gasteiger charge is -2.29. The molecule has 0 heterocycles. The van der Waals surface area contributed by atoms with Crippen LogP contribution in [-0.2, 0) is 12.8 Å². The average molecular weight is 397 g/mol. The molecule has 0 aromatic heterocycles. The predicted molar refractivity (Wildman–Crippen MR) is 109 cm³/mol. The van der Waals surface area contributed by atoms with E-state index in [4.69, 9.17) is 5.26 Å². The van der Waals surface area contributed by atoms with Crippen LogP contribution in [0.2, 0.25) is 0 Å². The quantitative estimate of drug-likeness (QED) is 0.461. The molecule has 1 aliphatic carbocycles. The summed E-state index contributed by atoms with van der Waals surface area (Å²) in [6.45, 7) is 3.70. The van der Waals surface area contributed by atoms with Gasteiger partial charge in [0.1, 0.15) is 29.1 Å². The van der Waals surface area contributed by atoms with Crippen molar-refractivity contribution in [2.24, 2.45) is 5.92 Å². The fraction of sp³-hybridized carbons (Fsp3) is 0.400. The summed E-state index contributed by atoms with van der Waals surface area (Å²) in [7, 11) is 0. The molecule has 0 aliphatic heterocycles. The molecule has 1 aliphatic rings. The van der Waals surface area contributed by atoms with Crippen LogP contribution in [0.5, 0.6) is 0 Å². The molecule has 0 atom stereocenters. The van der Waals surface area contributed by atoms with Crippen molar-refractivity contribution < 1.29 is 13.2 Å². The first-order chi connectivity index (χ1) is 14.0. The number of aryl methyl sites for hydroxylation is 2. The first-order valence-corrected chi connectivity index (χ1v) is 10.3. The van der Waals surface area contributed by atoms with Gasteiger partial charge >= 0.3 is 0 Å². The fourth-order valence-electron chi connectivity index (χ4n) is 4.34. The maximum Gasteiger partial charge on any atom is 0.144 e. The minimum atomic E-state index is -0.793. The van der Waals surface area contributed by atoms with Crippen molar-refractivity contribution in [1.29, 1.82) is 5.26 Å². The molecule has 0 amide bonds. The Balaban J connectivity index is 1.53. The third kappa shape index (κ3) is 5.29. The summed E-state index contributed by atoms with van der Waals surface area (Å²) in [5, 5.41) is 8.75. The van der Waals surface area contributed by atoms with Crippen molar-refractivity contribution in [1.82, 2.24) is 0 Å². The third-order valence-corrected chi connectivity index (χ3v) is 6.04. The fourth-order valence-corrected chi connectivity index (χ4v) is 4.34. The van der Waals surface area contributed by atoms with Crippen LogP contribution in [0.15, 0.2) is 43.0 Å². The summed E-state index contributed by atoms with van der Waals surface area (Å²) in [6, 6.07) is 9.67. The Bertz CT molecular complexity index is 882. The molecule has 3 rings (SSSR count). The Hall–Kier alpha value is -2.54. The molecule has 0 N–H and O–H groups in total. The molecule has 1 fully saturated rings. The number of hydrogen-bond acceptors (Lipinski definition) is 1. The SMILES string of the molecule is C=CCCc1ccc(C2CCC(CCc3cc(F)c(C#N)c(F)c3)CC2)c(F)c1. The standard InChI is InChI=1S/C25H26F3N/c1-2-3-4-18-9-12-21(23(26)13-18)20-10-7-17(8-11-20)5-6-19-14-24(27)22(16-29)25(28)15-19/h2,9,12-15,17,20H,1,3-8,10-11H2. The lowest BCUT2D eigenvalue weighted by atomic mass is 9.76. The molecule has 0 bridgehead atoms. The maximum absolute atomic E-state index is 14.5. The molecule has 152 valence electrons. The van der Waals surface area contributed by atoms with Crippen LogP contribution < -0.4 is 0 Å². The Morgan fingerprint density at radius 3 is 2.17 bits per heavy atom. The van der Waals surface area contributed by atoms with Crippen molar-refractivity contribution in [2.75, 3.05) is 0 Å². The minimum absolute atomic E-state index is 0.112. The summed E-state index contributed by atoms with van der Waals surface area (Å²) in [5.74, 6) is -0.984. The van der Waals surface area contributed by atoms with E-state index in [0.29, 0.717) is 17.9 Å². The normalized spacial score (nSPS) is 19.0.